The van der Waals surface area contributed by atoms with E-state index in [9.17, 15) is 4.79 Å². The summed E-state index contributed by atoms with van der Waals surface area (Å²) >= 11 is 0. The first kappa shape index (κ1) is 14.1. The van der Waals surface area contributed by atoms with Crippen LogP contribution in [0.15, 0.2) is 18.3 Å². The van der Waals surface area contributed by atoms with Gasteiger partial charge in [-0.05, 0) is 43.4 Å². The molecule has 1 saturated carbocycles. The molecule has 1 amide bonds. The lowest BCUT2D eigenvalue weighted by molar-refractivity contribution is -0.121. The van der Waals surface area contributed by atoms with Gasteiger partial charge in [-0.2, -0.15) is 0 Å². The summed E-state index contributed by atoms with van der Waals surface area (Å²) in [4.78, 5) is 11.8. The third-order valence-electron chi connectivity index (χ3n) is 3.38. The van der Waals surface area contributed by atoms with Gasteiger partial charge in [0.1, 0.15) is 6.54 Å². The van der Waals surface area contributed by atoms with Crippen LogP contribution in [0.4, 0.5) is 0 Å². The Kier molecular flexibility index (Phi) is 5.02. The summed E-state index contributed by atoms with van der Waals surface area (Å²) < 4.78 is 2.02. The van der Waals surface area contributed by atoms with Gasteiger partial charge in [0.25, 0.3) is 0 Å². The van der Waals surface area contributed by atoms with E-state index >= 15 is 0 Å². The van der Waals surface area contributed by atoms with Crippen LogP contribution in [0.1, 0.15) is 32.4 Å². The summed E-state index contributed by atoms with van der Waals surface area (Å²) in [5.41, 5.74) is 1.17. The quantitative estimate of drug-likeness (QED) is 0.751. The van der Waals surface area contributed by atoms with Crippen LogP contribution < -0.4 is 10.6 Å². The zero-order valence-corrected chi connectivity index (χ0v) is 12.0. The van der Waals surface area contributed by atoms with Gasteiger partial charge in [-0.25, -0.2) is 0 Å². The number of nitrogens with zero attached hydrogens (tertiary/aromatic N) is 1. The van der Waals surface area contributed by atoms with Crippen LogP contribution in [-0.2, 0) is 17.9 Å². The molecule has 4 nitrogen and oxygen atoms in total. The molecule has 2 N–H and O–H groups in total. The van der Waals surface area contributed by atoms with Crippen molar-refractivity contribution in [2.75, 3.05) is 13.1 Å². The highest BCUT2D eigenvalue weighted by atomic mass is 16.1. The molecule has 0 saturated heterocycles. The Hall–Kier alpha value is -1.29. The van der Waals surface area contributed by atoms with Gasteiger partial charge in [0.05, 0.1) is 0 Å². The van der Waals surface area contributed by atoms with Gasteiger partial charge in [0.15, 0.2) is 0 Å². The van der Waals surface area contributed by atoms with Crippen molar-refractivity contribution >= 4 is 5.91 Å². The Balaban J connectivity index is 1.75. The second kappa shape index (κ2) is 6.75. The maximum Gasteiger partial charge on any atom is 0.239 e. The van der Waals surface area contributed by atoms with Crippen LogP contribution >= 0.6 is 0 Å². The van der Waals surface area contributed by atoms with Gasteiger partial charge < -0.3 is 15.2 Å². The van der Waals surface area contributed by atoms with Gasteiger partial charge >= 0.3 is 0 Å². The number of hydrogen-bond acceptors (Lipinski definition) is 2. The molecule has 4 heteroatoms. The normalized spacial score (nSPS) is 14.9. The molecule has 0 unspecified atom stereocenters. The predicted molar refractivity (Wildman–Crippen MR) is 76.7 cm³/mol. The van der Waals surface area contributed by atoms with Gasteiger partial charge in [-0.15, -0.1) is 0 Å². The summed E-state index contributed by atoms with van der Waals surface area (Å²) in [6.07, 6.45) is 4.52. The van der Waals surface area contributed by atoms with Crippen molar-refractivity contribution in [1.82, 2.24) is 15.2 Å². The lowest BCUT2D eigenvalue weighted by Crippen LogP contribution is -2.30. The zero-order chi connectivity index (χ0) is 13.7. The molecule has 0 radical (unpaired) electrons. The average Bonchev–Trinajstić information content (AvgIpc) is 3.09. The molecule has 2 rings (SSSR count). The molecule has 1 heterocycles. The van der Waals surface area contributed by atoms with E-state index in [2.05, 4.69) is 30.5 Å². The molecule has 1 aromatic heterocycles. The average molecular weight is 263 g/mol. The van der Waals surface area contributed by atoms with Crippen LogP contribution in [0, 0.1) is 11.8 Å². The van der Waals surface area contributed by atoms with Crippen LogP contribution in [0.3, 0.4) is 0 Å². The van der Waals surface area contributed by atoms with Gasteiger partial charge in [-0.3, -0.25) is 4.79 Å². The molecule has 19 heavy (non-hydrogen) atoms. The number of carbonyl (C=O) groups excluding carboxylic acids is 1. The first-order valence-corrected chi connectivity index (χ1v) is 7.26. The SMILES string of the molecule is CC(C)CNCc1cccn1CC(=O)NCC1CC1. The summed E-state index contributed by atoms with van der Waals surface area (Å²) in [5.74, 6) is 1.50. The number of rotatable bonds is 8. The molecule has 1 aliphatic rings. The lowest BCUT2D eigenvalue weighted by Gasteiger charge is -2.11. The summed E-state index contributed by atoms with van der Waals surface area (Å²) in [6, 6.07) is 4.07. The molecule has 0 spiro atoms. The second-order valence-corrected chi connectivity index (χ2v) is 5.90. The summed E-state index contributed by atoms with van der Waals surface area (Å²) in [7, 11) is 0. The van der Waals surface area contributed by atoms with E-state index in [0.29, 0.717) is 12.5 Å². The Morgan fingerprint density at radius 1 is 1.47 bits per heavy atom. The van der Waals surface area contributed by atoms with E-state index in [1.165, 1.54) is 18.5 Å². The van der Waals surface area contributed by atoms with E-state index in [1.54, 1.807) is 0 Å². The molecular weight excluding hydrogens is 238 g/mol. The Bertz CT molecular complexity index is 407. The van der Waals surface area contributed by atoms with Crippen LogP contribution in [0.25, 0.3) is 0 Å². The minimum atomic E-state index is 0.119. The molecular formula is C15H25N3O. The molecule has 0 atom stereocenters. The molecule has 0 aliphatic heterocycles. The third-order valence-corrected chi connectivity index (χ3v) is 3.38. The van der Waals surface area contributed by atoms with Gasteiger partial charge in [-0.1, -0.05) is 13.8 Å². The highest BCUT2D eigenvalue weighted by Crippen LogP contribution is 2.27. The van der Waals surface area contributed by atoms with Crippen molar-refractivity contribution in [3.63, 3.8) is 0 Å². The Morgan fingerprint density at radius 3 is 2.95 bits per heavy atom. The summed E-state index contributed by atoms with van der Waals surface area (Å²) in [5, 5.41) is 6.41. The monoisotopic (exact) mass is 263 g/mol. The van der Waals surface area contributed by atoms with E-state index in [0.717, 1.165) is 25.6 Å². The van der Waals surface area contributed by atoms with E-state index in [1.807, 2.05) is 16.8 Å². The molecule has 1 fully saturated rings. The first-order valence-electron chi connectivity index (χ1n) is 7.26. The fraction of sp³-hybridized carbons (Fsp3) is 0.667. The van der Waals surface area contributed by atoms with Crippen LogP contribution in [0.5, 0.6) is 0 Å². The second-order valence-electron chi connectivity index (χ2n) is 5.90. The third kappa shape index (κ3) is 5.07. The maximum atomic E-state index is 11.8. The first-order chi connectivity index (χ1) is 9.15. The molecule has 0 aromatic carbocycles. The maximum absolute atomic E-state index is 11.8. The van der Waals surface area contributed by atoms with Crippen molar-refractivity contribution in [3.8, 4) is 0 Å². The van der Waals surface area contributed by atoms with Crippen molar-refractivity contribution in [2.45, 2.75) is 39.8 Å². The van der Waals surface area contributed by atoms with Gasteiger partial charge in [0.2, 0.25) is 5.91 Å². The van der Waals surface area contributed by atoms with E-state index in [-0.39, 0.29) is 5.91 Å². The topological polar surface area (TPSA) is 46.1 Å². The number of amides is 1. The van der Waals surface area contributed by atoms with E-state index < -0.39 is 0 Å². The van der Waals surface area contributed by atoms with Crippen molar-refractivity contribution in [1.29, 1.82) is 0 Å². The smallest absolute Gasteiger partial charge is 0.239 e. The van der Waals surface area contributed by atoms with Crippen molar-refractivity contribution in [3.05, 3.63) is 24.0 Å². The molecule has 0 bridgehead atoms. The molecule has 106 valence electrons. The number of aromatic nitrogens is 1. The zero-order valence-electron chi connectivity index (χ0n) is 12.0. The fourth-order valence-corrected chi connectivity index (χ4v) is 2.04. The predicted octanol–water partition coefficient (Wildman–Crippen LogP) is 1.76. The number of nitrogens with one attached hydrogen (secondary N) is 2. The molecule has 1 aliphatic carbocycles. The Labute approximate surface area is 115 Å². The van der Waals surface area contributed by atoms with Crippen LogP contribution in [0.2, 0.25) is 0 Å². The van der Waals surface area contributed by atoms with Crippen LogP contribution in [-0.4, -0.2) is 23.6 Å². The standard InChI is InChI=1S/C15H25N3O/c1-12(2)8-16-10-14-4-3-7-18(14)11-15(19)17-9-13-5-6-13/h3-4,7,12-13,16H,5-6,8-11H2,1-2H3,(H,17,19). The lowest BCUT2D eigenvalue weighted by atomic mass is 10.2. The van der Waals surface area contributed by atoms with Crippen molar-refractivity contribution < 1.29 is 4.79 Å². The van der Waals surface area contributed by atoms with E-state index in [4.69, 9.17) is 0 Å². The summed E-state index contributed by atoms with van der Waals surface area (Å²) in [6.45, 7) is 7.48. The number of carbonyl (C=O) groups is 1. The fourth-order valence-electron chi connectivity index (χ4n) is 2.04. The largest absolute Gasteiger partial charge is 0.354 e. The molecule has 1 aromatic rings. The van der Waals surface area contributed by atoms with Crippen molar-refractivity contribution in [2.24, 2.45) is 11.8 Å². The minimum Gasteiger partial charge on any atom is -0.354 e. The minimum absolute atomic E-state index is 0.119. The number of hydrogen-bond donors (Lipinski definition) is 2. The Morgan fingerprint density at radius 2 is 2.26 bits per heavy atom. The van der Waals surface area contributed by atoms with Gasteiger partial charge in [0, 0.05) is 25.0 Å². The highest BCUT2D eigenvalue weighted by Gasteiger charge is 2.21. The highest BCUT2D eigenvalue weighted by molar-refractivity contribution is 5.75.